The molecule has 2 unspecified atom stereocenters. The Bertz CT molecular complexity index is 307. The van der Waals surface area contributed by atoms with Crippen LogP contribution in [0, 0.1) is 3.57 Å². The molecule has 0 saturated carbocycles. The third kappa shape index (κ3) is 5.36. The molecule has 0 saturated heterocycles. The van der Waals surface area contributed by atoms with Crippen molar-refractivity contribution < 1.29 is 4.74 Å². The second-order valence-corrected chi connectivity index (χ2v) is 5.63. The van der Waals surface area contributed by atoms with Crippen molar-refractivity contribution in [2.75, 3.05) is 13.7 Å². The van der Waals surface area contributed by atoms with Crippen LogP contribution in [0.5, 0.6) is 0 Å². The molecule has 0 aromatic heterocycles. The molecule has 3 heteroatoms. The predicted molar refractivity (Wildman–Crippen MR) is 81.3 cm³/mol. The van der Waals surface area contributed by atoms with E-state index in [0.29, 0.717) is 12.1 Å². The third-order valence-electron chi connectivity index (χ3n) is 2.86. The van der Waals surface area contributed by atoms with Gasteiger partial charge in [-0.05, 0) is 53.6 Å². The highest BCUT2D eigenvalue weighted by atomic mass is 127. The molecule has 0 aliphatic carbocycles. The van der Waals surface area contributed by atoms with Gasteiger partial charge in [0.15, 0.2) is 0 Å². The zero-order valence-electron chi connectivity index (χ0n) is 10.9. The maximum atomic E-state index is 5.25. The molecule has 17 heavy (non-hydrogen) atoms. The van der Waals surface area contributed by atoms with Crippen LogP contribution >= 0.6 is 22.6 Å². The fourth-order valence-corrected chi connectivity index (χ4v) is 2.33. The van der Waals surface area contributed by atoms with Gasteiger partial charge in [-0.25, -0.2) is 0 Å². The molecule has 0 spiro atoms. The van der Waals surface area contributed by atoms with Crippen LogP contribution < -0.4 is 5.32 Å². The molecule has 2 atom stereocenters. The normalized spacial score (nSPS) is 14.6. The molecule has 0 heterocycles. The van der Waals surface area contributed by atoms with Crippen molar-refractivity contribution in [3.8, 4) is 0 Å². The predicted octanol–water partition coefficient (Wildman–Crippen LogP) is 3.76. The van der Waals surface area contributed by atoms with Crippen molar-refractivity contribution in [2.45, 2.75) is 38.8 Å². The molecular weight excluding hydrogens is 325 g/mol. The van der Waals surface area contributed by atoms with Crippen molar-refractivity contribution in [1.82, 2.24) is 5.32 Å². The summed E-state index contributed by atoms with van der Waals surface area (Å²) in [5.74, 6) is 0. The number of halogens is 1. The number of hydrogen-bond acceptors (Lipinski definition) is 2. The van der Waals surface area contributed by atoms with Gasteiger partial charge in [-0.2, -0.15) is 0 Å². The number of benzene rings is 1. The van der Waals surface area contributed by atoms with Crippen LogP contribution in [0.3, 0.4) is 0 Å². The van der Waals surface area contributed by atoms with Crippen molar-refractivity contribution in [1.29, 1.82) is 0 Å². The van der Waals surface area contributed by atoms with Crippen LogP contribution in [0.15, 0.2) is 24.3 Å². The second kappa shape index (κ2) is 8.06. The quantitative estimate of drug-likeness (QED) is 0.759. The van der Waals surface area contributed by atoms with Crippen molar-refractivity contribution in [2.24, 2.45) is 0 Å². The van der Waals surface area contributed by atoms with E-state index in [1.807, 2.05) is 0 Å². The van der Waals surface area contributed by atoms with E-state index in [0.717, 1.165) is 13.0 Å². The molecule has 1 N–H and O–H groups in total. The van der Waals surface area contributed by atoms with Gasteiger partial charge < -0.3 is 10.1 Å². The summed E-state index contributed by atoms with van der Waals surface area (Å²) in [5.41, 5.74) is 1.34. The molecule has 2 nitrogen and oxygen atoms in total. The molecule has 0 fully saturated rings. The summed E-state index contributed by atoms with van der Waals surface area (Å²) >= 11 is 2.33. The van der Waals surface area contributed by atoms with E-state index in [4.69, 9.17) is 4.74 Å². The minimum Gasteiger partial charge on any atom is -0.383 e. The van der Waals surface area contributed by atoms with E-state index in [1.54, 1.807) is 7.11 Å². The van der Waals surface area contributed by atoms with E-state index in [2.05, 4.69) is 66.0 Å². The number of rotatable bonds is 7. The van der Waals surface area contributed by atoms with Crippen molar-refractivity contribution in [3.05, 3.63) is 33.4 Å². The Morgan fingerprint density at radius 1 is 1.29 bits per heavy atom. The number of hydrogen-bond donors (Lipinski definition) is 1. The van der Waals surface area contributed by atoms with Gasteiger partial charge >= 0.3 is 0 Å². The molecule has 0 radical (unpaired) electrons. The average molecular weight is 347 g/mol. The van der Waals surface area contributed by atoms with Crippen LogP contribution in [0.2, 0.25) is 0 Å². The zero-order chi connectivity index (χ0) is 12.7. The highest BCUT2D eigenvalue weighted by Crippen LogP contribution is 2.16. The lowest BCUT2D eigenvalue weighted by Gasteiger charge is -2.22. The first-order chi connectivity index (χ1) is 8.17. The molecule has 0 amide bonds. The van der Waals surface area contributed by atoms with Crippen LogP contribution in [-0.2, 0) is 4.74 Å². The minimum atomic E-state index is 0.374. The summed E-state index contributed by atoms with van der Waals surface area (Å²) in [4.78, 5) is 0. The fourth-order valence-electron chi connectivity index (χ4n) is 1.97. The summed E-state index contributed by atoms with van der Waals surface area (Å²) in [6.45, 7) is 5.20. The smallest absolute Gasteiger partial charge is 0.0616 e. The summed E-state index contributed by atoms with van der Waals surface area (Å²) in [6.07, 6.45) is 2.34. The molecular formula is C14H22INO. The molecule has 0 aliphatic heterocycles. The Morgan fingerprint density at radius 2 is 1.94 bits per heavy atom. The van der Waals surface area contributed by atoms with E-state index in [-0.39, 0.29) is 0 Å². The highest BCUT2D eigenvalue weighted by molar-refractivity contribution is 14.1. The molecule has 1 aromatic rings. The van der Waals surface area contributed by atoms with Crippen molar-refractivity contribution in [3.63, 3.8) is 0 Å². The molecule has 0 aliphatic rings. The lowest BCUT2D eigenvalue weighted by atomic mass is 10.1. The SMILES string of the molecule is CCCC(COC)NC(C)c1ccc(I)cc1. The lowest BCUT2D eigenvalue weighted by molar-refractivity contribution is 0.157. The van der Waals surface area contributed by atoms with Crippen molar-refractivity contribution >= 4 is 22.6 Å². The van der Waals surface area contributed by atoms with E-state index < -0.39 is 0 Å². The summed E-state index contributed by atoms with van der Waals surface area (Å²) in [6, 6.07) is 9.50. The maximum absolute atomic E-state index is 5.25. The Labute approximate surface area is 118 Å². The third-order valence-corrected chi connectivity index (χ3v) is 3.58. The first-order valence-electron chi connectivity index (χ1n) is 6.17. The zero-order valence-corrected chi connectivity index (χ0v) is 13.0. The average Bonchev–Trinajstić information content (AvgIpc) is 2.30. The van der Waals surface area contributed by atoms with Gasteiger partial charge in [0.2, 0.25) is 0 Å². The summed E-state index contributed by atoms with van der Waals surface area (Å²) in [7, 11) is 1.76. The number of nitrogens with one attached hydrogen (secondary N) is 1. The summed E-state index contributed by atoms with van der Waals surface area (Å²) in [5, 5.41) is 3.63. The van der Waals surface area contributed by atoms with Crippen LogP contribution in [0.25, 0.3) is 0 Å². The van der Waals surface area contributed by atoms with Gasteiger partial charge in [-0.1, -0.05) is 25.5 Å². The van der Waals surface area contributed by atoms with Crippen LogP contribution in [0.1, 0.15) is 38.3 Å². The number of ether oxygens (including phenoxy) is 1. The molecule has 1 aromatic carbocycles. The topological polar surface area (TPSA) is 21.3 Å². The Hall–Kier alpha value is -0.130. The minimum absolute atomic E-state index is 0.374. The van der Waals surface area contributed by atoms with Crippen LogP contribution in [-0.4, -0.2) is 19.8 Å². The van der Waals surface area contributed by atoms with E-state index in [1.165, 1.54) is 15.6 Å². The largest absolute Gasteiger partial charge is 0.383 e. The lowest BCUT2D eigenvalue weighted by Crippen LogP contribution is -2.35. The van der Waals surface area contributed by atoms with Gasteiger partial charge in [0, 0.05) is 22.8 Å². The fraction of sp³-hybridized carbons (Fsp3) is 0.571. The Morgan fingerprint density at radius 3 is 2.47 bits per heavy atom. The van der Waals surface area contributed by atoms with Gasteiger partial charge in [0.25, 0.3) is 0 Å². The standard InChI is InChI=1S/C14H22INO/c1-4-5-14(10-17-3)16-11(2)12-6-8-13(15)9-7-12/h6-9,11,14,16H,4-5,10H2,1-3H3. The monoisotopic (exact) mass is 347 g/mol. The number of methoxy groups -OCH3 is 1. The van der Waals surface area contributed by atoms with Gasteiger partial charge in [-0.15, -0.1) is 0 Å². The highest BCUT2D eigenvalue weighted by Gasteiger charge is 2.12. The van der Waals surface area contributed by atoms with E-state index in [9.17, 15) is 0 Å². The molecule has 1 rings (SSSR count). The first kappa shape index (κ1) is 14.9. The van der Waals surface area contributed by atoms with E-state index >= 15 is 0 Å². The van der Waals surface area contributed by atoms with Gasteiger partial charge in [0.1, 0.15) is 0 Å². The molecule has 0 bridgehead atoms. The van der Waals surface area contributed by atoms with Crippen LogP contribution in [0.4, 0.5) is 0 Å². The van der Waals surface area contributed by atoms with Gasteiger partial charge in [-0.3, -0.25) is 0 Å². The van der Waals surface area contributed by atoms with Gasteiger partial charge in [0.05, 0.1) is 6.61 Å². The maximum Gasteiger partial charge on any atom is 0.0616 e. The Kier molecular flexibility index (Phi) is 7.08. The second-order valence-electron chi connectivity index (χ2n) is 4.38. The molecule has 96 valence electrons. The summed E-state index contributed by atoms with van der Waals surface area (Å²) < 4.78 is 6.53. The Balaban J connectivity index is 2.56. The first-order valence-corrected chi connectivity index (χ1v) is 7.25.